The van der Waals surface area contributed by atoms with Gasteiger partial charge < -0.3 is 178 Å². The largest absolute Gasteiger partial charge is 0.394 e. The lowest BCUT2D eigenvalue weighted by atomic mass is 9.88. The van der Waals surface area contributed by atoms with Gasteiger partial charge in [-0.2, -0.15) is 0 Å². The zero-order valence-electron chi connectivity index (χ0n) is 49.3. The van der Waals surface area contributed by atoms with Crippen molar-refractivity contribution in [1.82, 2.24) is 0 Å². The molecule has 0 spiro atoms. The SMILES string of the molecule is CC1C(O)[C@H](O)[C@H](CO)O[C@H]1O[C@@H]1C(O)[C@H](O)C(CO)O[C@@H]1OCC1O[C@@H](O[C@@H]2C(CO)O[C@@H](O[C@@H]3C(CO)O[C@@H](C)[C@@H](C)C3O)[C@@H](C)C2O)C(O)C(OC2O[C@H](CO)[C@@H](O)C(O)C2O[C@@H]2OC(CO)[C@@H](O[C@@H]3OC(CO)[C@H](O)C(O)[C@@H]3O)C(O)[C@@H]2C)[C@@H]1O. The van der Waals surface area contributed by atoms with Crippen LogP contribution in [-0.4, -0.2) is 381 Å². The molecule has 0 radical (unpaired) electrons. The number of aliphatic hydroxyl groups is 21. The van der Waals surface area contributed by atoms with Crippen LogP contribution >= 0.6 is 0 Å². The van der Waals surface area contributed by atoms with Gasteiger partial charge in [-0.25, -0.2) is 0 Å². The van der Waals surface area contributed by atoms with Crippen molar-refractivity contribution < 1.29 is 178 Å². The predicted molar refractivity (Wildman–Crippen MR) is 281 cm³/mol. The van der Waals surface area contributed by atoms with Gasteiger partial charge in [0.1, 0.15) is 146 Å². The van der Waals surface area contributed by atoms with Crippen LogP contribution in [0.15, 0.2) is 0 Å². The molecule has 8 heterocycles. The summed E-state index contributed by atoms with van der Waals surface area (Å²) in [4.78, 5) is 0. The van der Waals surface area contributed by atoms with Crippen LogP contribution in [0.2, 0.25) is 0 Å². The Morgan fingerprint density at radius 2 is 0.528 bits per heavy atom. The zero-order valence-corrected chi connectivity index (χ0v) is 49.3. The second-order valence-corrected chi connectivity index (χ2v) is 24.2. The van der Waals surface area contributed by atoms with Crippen LogP contribution in [0.3, 0.4) is 0 Å². The molecule has 40 atom stereocenters. The van der Waals surface area contributed by atoms with E-state index >= 15 is 0 Å². The van der Waals surface area contributed by atoms with E-state index in [1.54, 1.807) is 13.8 Å². The Kier molecular flexibility index (Phi) is 26.1. The number of rotatable bonds is 22. The standard InChI is InChI=1S/C53H92O36/c1-14-18(5)76-23(10-58)41(28(14)62)84-48-16(3)29(63)43(25(12-60)81-48)86-51-40(74)44(35(69)26(83-51)13-75-52-45(37(71)33(67)21(8-56)79-52)88-47-15(2)27(61)31(65)19(6-54)77-47)87-53-46(38(72)34(68)22(9-57)80-53)89-49-17(4)30(64)42(24(11-59)82-49)85-50-39(73)36(70)32(66)20(7-55)78-50/h14-74H,6-13H2,1-5H3/t14-,15?,16+,17+,18+,19+,20?,21?,22-,23?,24?,25?,26?,27?,28?,29?,30?,31-,32+,33-,34-,35-,36?,37?,38?,39+,40?,41-,42-,43-,44?,45-,46?,47+,48+,49+,50+,51+,52+,53?/m1/s1. The van der Waals surface area contributed by atoms with Crippen molar-refractivity contribution in [3.05, 3.63) is 0 Å². The van der Waals surface area contributed by atoms with Crippen LogP contribution in [0.5, 0.6) is 0 Å². The lowest BCUT2D eigenvalue weighted by Crippen LogP contribution is -2.68. The van der Waals surface area contributed by atoms with E-state index in [1.807, 2.05) is 0 Å². The highest BCUT2D eigenvalue weighted by molar-refractivity contribution is 5.01. The minimum absolute atomic E-state index is 0.498. The van der Waals surface area contributed by atoms with E-state index in [9.17, 15) is 107 Å². The molecule has 89 heavy (non-hydrogen) atoms. The molecule has 0 aromatic heterocycles. The highest BCUT2D eigenvalue weighted by Crippen LogP contribution is 2.41. The molecular formula is C53H92O36. The summed E-state index contributed by atoms with van der Waals surface area (Å²) in [6, 6.07) is 0. The molecule has 8 saturated heterocycles. The second-order valence-electron chi connectivity index (χ2n) is 24.2. The third-order valence-electron chi connectivity index (χ3n) is 18.4. The first-order valence-electron chi connectivity index (χ1n) is 29.8. The number of aliphatic hydroxyl groups excluding tert-OH is 21. The summed E-state index contributed by atoms with van der Waals surface area (Å²) in [6.45, 7) is 0.611. The summed E-state index contributed by atoms with van der Waals surface area (Å²) in [5.41, 5.74) is 0. The average Bonchev–Trinajstić information content (AvgIpc) is 1.09. The first-order valence-corrected chi connectivity index (χ1v) is 29.8. The van der Waals surface area contributed by atoms with Crippen molar-refractivity contribution in [1.29, 1.82) is 0 Å². The highest BCUT2D eigenvalue weighted by atomic mass is 16.8. The fourth-order valence-electron chi connectivity index (χ4n) is 12.3. The predicted octanol–water partition coefficient (Wildman–Crippen LogP) is -12.3. The van der Waals surface area contributed by atoms with E-state index in [0.29, 0.717) is 0 Å². The maximum absolute atomic E-state index is 12.3. The van der Waals surface area contributed by atoms with Crippen molar-refractivity contribution in [2.45, 2.75) is 256 Å². The molecular weight excluding hydrogens is 1210 g/mol. The molecule has 18 unspecified atom stereocenters. The summed E-state index contributed by atoms with van der Waals surface area (Å²) in [5, 5.41) is 229. The minimum Gasteiger partial charge on any atom is -0.394 e. The summed E-state index contributed by atoms with van der Waals surface area (Å²) in [5.74, 6) is -3.98. The summed E-state index contributed by atoms with van der Waals surface area (Å²) in [7, 11) is 0. The first kappa shape index (κ1) is 73.4. The minimum atomic E-state index is -2.27. The summed E-state index contributed by atoms with van der Waals surface area (Å²) >= 11 is 0. The van der Waals surface area contributed by atoms with Crippen molar-refractivity contribution in [2.24, 2.45) is 23.7 Å². The van der Waals surface area contributed by atoms with Crippen LogP contribution in [0.25, 0.3) is 0 Å². The van der Waals surface area contributed by atoms with Crippen molar-refractivity contribution in [3.8, 4) is 0 Å². The molecule has 8 aliphatic rings. The van der Waals surface area contributed by atoms with Gasteiger partial charge >= 0.3 is 0 Å². The smallest absolute Gasteiger partial charge is 0.187 e. The molecule has 0 aliphatic carbocycles. The number of hydrogen-bond donors (Lipinski definition) is 21. The Bertz CT molecular complexity index is 2120. The highest BCUT2D eigenvalue weighted by Gasteiger charge is 2.59. The molecule has 0 bridgehead atoms. The van der Waals surface area contributed by atoms with Crippen molar-refractivity contribution in [3.63, 3.8) is 0 Å². The molecule has 0 aromatic carbocycles. The summed E-state index contributed by atoms with van der Waals surface area (Å²) < 4.78 is 89.7. The lowest BCUT2D eigenvalue weighted by molar-refractivity contribution is -0.401. The molecule has 0 amide bonds. The molecule has 520 valence electrons. The normalized spacial score (nSPS) is 53.6. The molecule has 8 fully saturated rings. The van der Waals surface area contributed by atoms with Gasteiger partial charge in [0.25, 0.3) is 0 Å². The monoisotopic (exact) mass is 1300 g/mol. The van der Waals surface area contributed by atoms with E-state index in [0.717, 1.165) is 0 Å². The Balaban J connectivity index is 1.07. The van der Waals surface area contributed by atoms with Gasteiger partial charge in [-0.15, -0.1) is 0 Å². The second kappa shape index (κ2) is 31.6. The van der Waals surface area contributed by atoms with Crippen LogP contribution < -0.4 is 0 Å². The molecule has 21 N–H and O–H groups in total. The quantitative estimate of drug-likeness (QED) is 0.0479. The number of ether oxygens (including phenoxy) is 15. The average molecular weight is 1310 g/mol. The van der Waals surface area contributed by atoms with Gasteiger partial charge in [0.2, 0.25) is 0 Å². The van der Waals surface area contributed by atoms with E-state index in [4.69, 9.17) is 71.1 Å². The topological polar surface area (TPSA) is 563 Å². The molecule has 0 aromatic rings. The summed E-state index contributed by atoms with van der Waals surface area (Å²) in [6.07, 6.45) is -61.7. The van der Waals surface area contributed by atoms with Crippen LogP contribution in [0.4, 0.5) is 0 Å². The molecule has 8 rings (SSSR count). The lowest BCUT2D eigenvalue weighted by Gasteiger charge is -2.51. The van der Waals surface area contributed by atoms with Gasteiger partial charge in [-0.3, -0.25) is 0 Å². The van der Waals surface area contributed by atoms with Crippen molar-refractivity contribution in [2.75, 3.05) is 52.9 Å². The Morgan fingerprint density at radius 3 is 0.989 bits per heavy atom. The molecule has 0 saturated carbocycles. The van der Waals surface area contributed by atoms with Crippen LogP contribution in [0, 0.1) is 23.7 Å². The third kappa shape index (κ3) is 15.2. The Labute approximate surface area is 509 Å². The van der Waals surface area contributed by atoms with Gasteiger partial charge in [0.15, 0.2) is 44.0 Å². The molecule has 36 heteroatoms. The number of hydrogen-bond acceptors (Lipinski definition) is 36. The fourth-order valence-corrected chi connectivity index (χ4v) is 12.3. The molecule has 8 aliphatic heterocycles. The zero-order chi connectivity index (χ0) is 65.4. The first-order chi connectivity index (χ1) is 42.2. The van der Waals surface area contributed by atoms with E-state index < -0.39 is 298 Å². The van der Waals surface area contributed by atoms with Gasteiger partial charge in [0.05, 0.1) is 83.4 Å². The van der Waals surface area contributed by atoms with Gasteiger partial charge in [-0.1, -0.05) is 27.7 Å². The van der Waals surface area contributed by atoms with E-state index in [1.165, 1.54) is 20.8 Å². The van der Waals surface area contributed by atoms with Gasteiger partial charge in [0, 0.05) is 23.7 Å². The van der Waals surface area contributed by atoms with E-state index in [-0.39, 0.29) is 0 Å². The maximum Gasteiger partial charge on any atom is 0.187 e. The van der Waals surface area contributed by atoms with Crippen molar-refractivity contribution >= 4 is 0 Å². The third-order valence-corrected chi connectivity index (χ3v) is 18.4. The van der Waals surface area contributed by atoms with E-state index in [2.05, 4.69) is 0 Å². The van der Waals surface area contributed by atoms with Gasteiger partial charge in [-0.05, 0) is 6.92 Å². The van der Waals surface area contributed by atoms with Crippen LogP contribution in [-0.2, 0) is 71.1 Å². The fraction of sp³-hybridized carbons (Fsp3) is 1.00. The van der Waals surface area contributed by atoms with Crippen LogP contribution in [0.1, 0.15) is 34.6 Å². The Morgan fingerprint density at radius 1 is 0.225 bits per heavy atom. The molecule has 36 nitrogen and oxygen atoms in total. The maximum atomic E-state index is 12.3. The Hall–Kier alpha value is -1.44.